The molecule has 0 fully saturated rings. The first-order chi connectivity index (χ1) is 7.25. The quantitative estimate of drug-likeness (QED) is 0.557. The van der Waals surface area contributed by atoms with E-state index in [1.54, 1.807) is 27.7 Å². The molecule has 0 bridgehead atoms. The van der Waals surface area contributed by atoms with Gasteiger partial charge < -0.3 is 10.2 Å². The molecule has 0 aliphatic carbocycles. The van der Waals surface area contributed by atoms with Gasteiger partial charge in [-0.2, -0.15) is 0 Å². The molecule has 16 heavy (non-hydrogen) atoms. The van der Waals surface area contributed by atoms with E-state index < -0.39 is 11.9 Å². The van der Waals surface area contributed by atoms with Crippen molar-refractivity contribution < 1.29 is 19.8 Å². The second-order valence-electron chi connectivity index (χ2n) is 4.26. The zero-order valence-corrected chi connectivity index (χ0v) is 10.0. The summed E-state index contributed by atoms with van der Waals surface area (Å²) in [6.45, 7) is 7.21. The van der Waals surface area contributed by atoms with Crippen molar-refractivity contribution in [2.75, 3.05) is 0 Å². The van der Waals surface area contributed by atoms with Gasteiger partial charge in [0.1, 0.15) is 0 Å². The van der Waals surface area contributed by atoms with Gasteiger partial charge in [-0.05, 0) is 11.8 Å². The van der Waals surface area contributed by atoms with Crippen molar-refractivity contribution in [3.05, 3.63) is 23.3 Å². The summed E-state index contributed by atoms with van der Waals surface area (Å²) in [5, 5.41) is 18.0. The molecule has 0 aromatic heterocycles. The summed E-state index contributed by atoms with van der Waals surface area (Å²) < 4.78 is 0. The fourth-order valence-corrected chi connectivity index (χ4v) is 1.22. The van der Waals surface area contributed by atoms with Crippen LogP contribution in [0.3, 0.4) is 0 Å². The second kappa shape index (κ2) is 6.10. The molecule has 0 amide bonds. The zero-order valence-electron chi connectivity index (χ0n) is 10.0. The fraction of sp³-hybridized carbons (Fsp3) is 0.500. The van der Waals surface area contributed by atoms with Crippen LogP contribution < -0.4 is 0 Å². The Kier molecular flexibility index (Phi) is 5.50. The third-order valence-electron chi connectivity index (χ3n) is 1.75. The Bertz CT molecular complexity index is 301. The van der Waals surface area contributed by atoms with Crippen LogP contribution in [0.1, 0.15) is 27.7 Å². The maximum Gasteiger partial charge on any atom is 0.336 e. The Hall–Kier alpha value is -1.58. The van der Waals surface area contributed by atoms with Crippen molar-refractivity contribution in [2.45, 2.75) is 27.7 Å². The highest BCUT2D eigenvalue weighted by Gasteiger charge is 2.20. The van der Waals surface area contributed by atoms with E-state index in [1.807, 2.05) is 0 Å². The first kappa shape index (κ1) is 14.4. The normalized spacial score (nSPS) is 13.4. The SMILES string of the molecule is CC(C)C=C(C(=O)O)C(=CC(C)C)C(=O)O. The van der Waals surface area contributed by atoms with Gasteiger partial charge in [0.15, 0.2) is 0 Å². The lowest BCUT2D eigenvalue weighted by Gasteiger charge is -2.07. The minimum absolute atomic E-state index is 0.0130. The van der Waals surface area contributed by atoms with Crippen molar-refractivity contribution in [1.29, 1.82) is 0 Å². The second-order valence-corrected chi connectivity index (χ2v) is 4.26. The number of hydrogen-bond donors (Lipinski definition) is 2. The molecule has 0 aromatic carbocycles. The summed E-state index contributed by atoms with van der Waals surface area (Å²) in [6, 6.07) is 0. The summed E-state index contributed by atoms with van der Waals surface area (Å²) in [4.78, 5) is 22.0. The molecule has 0 saturated heterocycles. The van der Waals surface area contributed by atoms with Crippen molar-refractivity contribution >= 4 is 11.9 Å². The number of carboxylic acids is 2. The molecule has 0 aromatic rings. The van der Waals surface area contributed by atoms with E-state index in [1.165, 1.54) is 12.2 Å². The van der Waals surface area contributed by atoms with Crippen molar-refractivity contribution in [1.82, 2.24) is 0 Å². The van der Waals surface area contributed by atoms with Gasteiger partial charge in [0.05, 0.1) is 11.1 Å². The number of carboxylic acid groups (broad SMARTS) is 2. The minimum atomic E-state index is -1.21. The molecule has 0 saturated carbocycles. The number of hydrogen-bond acceptors (Lipinski definition) is 2. The van der Waals surface area contributed by atoms with Crippen LogP contribution in [-0.4, -0.2) is 22.2 Å². The van der Waals surface area contributed by atoms with Crippen LogP contribution in [0.25, 0.3) is 0 Å². The molecule has 0 unspecified atom stereocenters. The van der Waals surface area contributed by atoms with E-state index in [0.29, 0.717) is 0 Å². The molecular formula is C12H18O4. The van der Waals surface area contributed by atoms with E-state index in [9.17, 15) is 9.59 Å². The molecule has 90 valence electrons. The third kappa shape index (κ3) is 4.77. The Morgan fingerprint density at radius 1 is 0.812 bits per heavy atom. The predicted octanol–water partition coefficient (Wildman–Crippen LogP) is 2.32. The van der Waals surface area contributed by atoms with E-state index in [0.717, 1.165) is 0 Å². The van der Waals surface area contributed by atoms with E-state index >= 15 is 0 Å². The van der Waals surface area contributed by atoms with Crippen molar-refractivity contribution in [3.63, 3.8) is 0 Å². The van der Waals surface area contributed by atoms with Gasteiger partial charge in [0.2, 0.25) is 0 Å². The molecule has 0 radical (unpaired) electrons. The van der Waals surface area contributed by atoms with Gasteiger partial charge in [-0.1, -0.05) is 39.8 Å². The largest absolute Gasteiger partial charge is 0.478 e. The van der Waals surface area contributed by atoms with E-state index in [-0.39, 0.29) is 23.0 Å². The fourth-order valence-electron chi connectivity index (χ4n) is 1.22. The Labute approximate surface area is 95.3 Å². The van der Waals surface area contributed by atoms with Gasteiger partial charge in [-0.25, -0.2) is 9.59 Å². The van der Waals surface area contributed by atoms with Crippen LogP contribution in [0.4, 0.5) is 0 Å². The smallest absolute Gasteiger partial charge is 0.336 e. The topological polar surface area (TPSA) is 74.6 Å². The molecule has 0 heterocycles. The lowest BCUT2D eigenvalue weighted by Crippen LogP contribution is -2.13. The van der Waals surface area contributed by atoms with Gasteiger partial charge >= 0.3 is 11.9 Å². The standard InChI is InChI=1S/C12H18O4/c1-7(2)5-9(11(13)14)10(12(15)16)6-8(3)4/h5-8H,1-4H3,(H,13,14)(H,15,16). The lowest BCUT2D eigenvalue weighted by atomic mass is 9.98. The number of aliphatic carboxylic acids is 2. The van der Waals surface area contributed by atoms with Gasteiger partial charge in [-0.3, -0.25) is 0 Å². The molecule has 0 rings (SSSR count). The number of carbonyl (C=O) groups is 2. The Morgan fingerprint density at radius 3 is 1.19 bits per heavy atom. The highest BCUT2D eigenvalue weighted by atomic mass is 16.4. The molecular weight excluding hydrogens is 208 g/mol. The molecule has 0 aliphatic heterocycles. The highest BCUT2D eigenvalue weighted by molar-refractivity contribution is 6.05. The number of rotatable bonds is 5. The summed E-state index contributed by atoms with van der Waals surface area (Å²) in [7, 11) is 0. The molecule has 2 N–H and O–H groups in total. The lowest BCUT2D eigenvalue weighted by molar-refractivity contribution is -0.136. The van der Waals surface area contributed by atoms with Crippen LogP contribution in [-0.2, 0) is 9.59 Å². The highest BCUT2D eigenvalue weighted by Crippen LogP contribution is 2.16. The maximum atomic E-state index is 11.0. The molecule has 0 aliphatic rings. The average molecular weight is 226 g/mol. The predicted molar refractivity (Wildman–Crippen MR) is 61.1 cm³/mol. The average Bonchev–Trinajstić information content (AvgIpc) is 2.09. The summed E-state index contributed by atoms with van der Waals surface area (Å²) in [5.41, 5.74) is -0.285. The van der Waals surface area contributed by atoms with Crippen molar-refractivity contribution in [2.24, 2.45) is 11.8 Å². The van der Waals surface area contributed by atoms with Gasteiger partial charge in [-0.15, -0.1) is 0 Å². The van der Waals surface area contributed by atoms with E-state index in [2.05, 4.69) is 0 Å². The molecule has 0 spiro atoms. The number of allylic oxidation sites excluding steroid dienone is 2. The molecule has 4 heteroatoms. The van der Waals surface area contributed by atoms with Gasteiger partial charge in [0, 0.05) is 0 Å². The van der Waals surface area contributed by atoms with Crippen molar-refractivity contribution in [3.8, 4) is 0 Å². The third-order valence-corrected chi connectivity index (χ3v) is 1.75. The maximum absolute atomic E-state index is 11.0. The summed E-state index contributed by atoms with van der Waals surface area (Å²) in [5.74, 6) is -2.44. The van der Waals surface area contributed by atoms with Crippen LogP contribution in [0.2, 0.25) is 0 Å². The van der Waals surface area contributed by atoms with Crippen LogP contribution in [0.5, 0.6) is 0 Å². The van der Waals surface area contributed by atoms with Crippen LogP contribution in [0, 0.1) is 11.8 Å². The van der Waals surface area contributed by atoms with Gasteiger partial charge in [0.25, 0.3) is 0 Å². The van der Waals surface area contributed by atoms with Crippen LogP contribution >= 0.6 is 0 Å². The first-order valence-corrected chi connectivity index (χ1v) is 5.16. The molecule has 0 atom stereocenters. The Balaban J connectivity index is 5.46. The Morgan fingerprint density at radius 2 is 1.06 bits per heavy atom. The molecule has 4 nitrogen and oxygen atoms in total. The minimum Gasteiger partial charge on any atom is -0.478 e. The summed E-state index contributed by atoms with van der Waals surface area (Å²) in [6.07, 6.45) is 2.90. The van der Waals surface area contributed by atoms with Crippen LogP contribution in [0.15, 0.2) is 23.3 Å². The first-order valence-electron chi connectivity index (χ1n) is 5.16. The summed E-state index contributed by atoms with van der Waals surface area (Å²) >= 11 is 0. The van der Waals surface area contributed by atoms with E-state index in [4.69, 9.17) is 10.2 Å². The zero-order chi connectivity index (χ0) is 12.9. The monoisotopic (exact) mass is 226 g/mol.